The lowest BCUT2D eigenvalue weighted by Gasteiger charge is -2.03. The number of rotatable bonds is 3. The molecule has 90 valence electrons. The molecule has 0 saturated carbocycles. The van der Waals surface area contributed by atoms with Crippen LogP contribution in [0.3, 0.4) is 0 Å². The molecular formula is C11H11FIN3O. The van der Waals surface area contributed by atoms with Gasteiger partial charge in [0.2, 0.25) is 11.8 Å². The van der Waals surface area contributed by atoms with E-state index in [1.54, 1.807) is 6.07 Å². The minimum Gasteiger partial charge on any atom is -0.419 e. The molecule has 2 aromatic rings. The van der Waals surface area contributed by atoms with E-state index in [-0.39, 0.29) is 11.9 Å². The summed E-state index contributed by atoms with van der Waals surface area (Å²) >= 11 is 2.04. The molecule has 0 radical (unpaired) electrons. The lowest BCUT2D eigenvalue weighted by molar-refractivity contribution is 0.441. The molecule has 0 fully saturated rings. The molecule has 0 bridgehead atoms. The number of nitrogens with zero attached hydrogens (tertiary/aromatic N) is 2. The van der Waals surface area contributed by atoms with E-state index in [0.29, 0.717) is 11.8 Å². The predicted molar refractivity (Wildman–Crippen MR) is 69.9 cm³/mol. The van der Waals surface area contributed by atoms with Crippen LogP contribution in [0.2, 0.25) is 0 Å². The van der Waals surface area contributed by atoms with Crippen molar-refractivity contribution >= 4 is 22.6 Å². The van der Waals surface area contributed by atoms with Gasteiger partial charge in [0.25, 0.3) is 0 Å². The van der Waals surface area contributed by atoms with Crippen molar-refractivity contribution in [2.24, 2.45) is 0 Å². The van der Waals surface area contributed by atoms with E-state index in [9.17, 15) is 4.39 Å². The predicted octanol–water partition coefficient (Wildman–Crippen LogP) is 2.76. The third-order valence-corrected chi connectivity index (χ3v) is 3.30. The topological polar surface area (TPSA) is 51.0 Å². The molecule has 1 aromatic heterocycles. The number of nitrogens with one attached hydrogen (secondary N) is 1. The number of benzene rings is 1. The van der Waals surface area contributed by atoms with Gasteiger partial charge in [0.1, 0.15) is 5.82 Å². The van der Waals surface area contributed by atoms with Gasteiger partial charge in [-0.3, -0.25) is 0 Å². The lowest BCUT2D eigenvalue weighted by Crippen LogP contribution is -2.12. The number of hydrogen-bond donors (Lipinski definition) is 1. The molecule has 1 atom stereocenters. The zero-order chi connectivity index (χ0) is 12.4. The van der Waals surface area contributed by atoms with E-state index >= 15 is 0 Å². The standard InChI is InChI=1S/C11H11FIN3O/c1-6(14-2)10-15-16-11(17-10)8-4-3-7(12)5-9(8)13/h3-6,14H,1-2H3. The smallest absolute Gasteiger partial charge is 0.248 e. The first-order valence-corrected chi connectivity index (χ1v) is 6.15. The lowest BCUT2D eigenvalue weighted by atomic mass is 10.2. The van der Waals surface area contributed by atoms with Gasteiger partial charge >= 0.3 is 0 Å². The third kappa shape index (κ3) is 2.63. The van der Waals surface area contributed by atoms with Crippen LogP contribution in [0.5, 0.6) is 0 Å². The van der Waals surface area contributed by atoms with Gasteiger partial charge in [-0.25, -0.2) is 4.39 Å². The van der Waals surface area contributed by atoms with E-state index in [4.69, 9.17) is 4.42 Å². The van der Waals surface area contributed by atoms with E-state index in [0.717, 1.165) is 9.13 Å². The third-order valence-electron chi connectivity index (χ3n) is 2.41. The van der Waals surface area contributed by atoms with Crippen LogP contribution in [-0.2, 0) is 0 Å². The maximum atomic E-state index is 13.0. The fourth-order valence-corrected chi connectivity index (χ4v) is 2.01. The second-order valence-corrected chi connectivity index (χ2v) is 4.74. The second-order valence-electron chi connectivity index (χ2n) is 3.58. The highest BCUT2D eigenvalue weighted by molar-refractivity contribution is 14.1. The average molecular weight is 347 g/mol. The first-order valence-electron chi connectivity index (χ1n) is 5.08. The average Bonchev–Trinajstić information content (AvgIpc) is 2.77. The van der Waals surface area contributed by atoms with Gasteiger partial charge in [0, 0.05) is 3.57 Å². The summed E-state index contributed by atoms with van der Waals surface area (Å²) in [7, 11) is 1.82. The van der Waals surface area contributed by atoms with Gasteiger partial charge in [0.05, 0.1) is 11.6 Å². The van der Waals surface area contributed by atoms with Crippen LogP contribution < -0.4 is 5.32 Å². The first-order chi connectivity index (χ1) is 8.11. The van der Waals surface area contributed by atoms with Crippen molar-refractivity contribution in [3.05, 3.63) is 33.5 Å². The van der Waals surface area contributed by atoms with Crippen molar-refractivity contribution in [1.29, 1.82) is 0 Å². The minimum atomic E-state index is -0.276. The van der Waals surface area contributed by atoms with E-state index in [1.807, 2.05) is 36.6 Å². The van der Waals surface area contributed by atoms with Crippen molar-refractivity contribution in [2.75, 3.05) is 7.05 Å². The molecule has 0 aliphatic rings. The Hall–Kier alpha value is -1.02. The van der Waals surface area contributed by atoms with Gasteiger partial charge in [-0.15, -0.1) is 10.2 Å². The summed E-state index contributed by atoms with van der Waals surface area (Å²) in [5.74, 6) is 0.649. The largest absolute Gasteiger partial charge is 0.419 e. The monoisotopic (exact) mass is 347 g/mol. The molecule has 2 rings (SSSR count). The molecular weight excluding hydrogens is 336 g/mol. The Labute approximate surface area is 112 Å². The number of aromatic nitrogens is 2. The Balaban J connectivity index is 2.37. The molecule has 17 heavy (non-hydrogen) atoms. The molecule has 1 heterocycles. The quantitative estimate of drug-likeness (QED) is 0.868. The highest BCUT2D eigenvalue weighted by Crippen LogP contribution is 2.25. The summed E-state index contributed by atoms with van der Waals surface area (Å²) in [5, 5.41) is 10.9. The second kappa shape index (κ2) is 5.09. The van der Waals surface area contributed by atoms with Crippen molar-refractivity contribution in [2.45, 2.75) is 13.0 Å². The normalized spacial score (nSPS) is 12.7. The van der Waals surface area contributed by atoms with Crippen LogP contribution in [-0.4, -0.2) is 17.2 Å². The highest BCUT2D eigenvalue weighted by atomic mass is 127. The van der Waals surface area contributed by atoms with Crippen LogP contribution in [0.25, 0.3) is 11.5 Å². The molecule has 0 aliphatic carbocycles. The van der Waals surface area contributed by atoms with Crippen molar-refractivity contribution in [3.63, 3.8) is 0 Å². The van der Waals surface area contributed by atoms with Gasteiger partial charge < -0.3 is 9.73 Å². The molecule has 1 aromatic carbocycles. The Bertz CT molecular complexity index is 529. The molecule has 1 N–H and O–H groups in total. The maximum absolute atomic E-state index is 13.0. The van der Waals surface area contributed by atoms with Gasteiger partial charge in [0.15, 0.2) is 0 Å². The molecule has 0 saturated heterocycles. The van der Waals surface area contributed by atoms with Gasteiger partial charge in [-0.1, -0.05) is 0 Å². The molecule has 0 spiro atoms. The molecule has 1 unspecified atom stereocenters. The van der Waals surface area contributed by atoms with Gasteiger partial charge in [-0.05, 0) is 54.8 Å². The SMILES string of the molecule is CNC(C)c1nnc(-c2ccc(F)cc2I)o1. The summed E-state index contributed by atoms with van der Waals surface area (Å²) in [6.45, 7) is 1.92. The van der Waals surface area contributed by atoms with Crippen LogP contribution in [0.4, 0.5) is 4.39 Å². The Kier molecular flexibility index (Phi) is 3.72. The Morgan fingerprint density at radius 1 is 1.41 bits per heavy atom. The summed E-state index contributed by atoms with van der Waals surface area (Å²) in [5.41, 5.74) is 0.744. The summed E-state index contributed by atoms with van der Waals surface area (Å²) < 4.78 is 19.2. The summed E-state index contributed by atoms with van der Waals surface area (Å²) in [6.07, 6.45) is 0. The summed E-state index contributed by atoms with van der Waals surface area (Å²) in [6, 6.07) is 4.44. The Morgan fingerprint density at radius 3 is 2.82 bits per heavy atom. The van der Waals surface area contributed by atoms with E-state index < -0.39 is 0 Å². The molecule has 4 nitrogen and oxygen atoms in total. The van der Waals surface area contributed by atoms with Crippen molar-refractivity contribution in [1.82, 2.24) is 15.5 Å². The number of hydrogen-bond acceptors (Lipinski definition) is 4. The van der Waals surface area contributed by atoms with E-state index in [1.165, 1.54) is 12.1 Å². The van der Waals surface area contributed by atoms with Crippen LogP contribution >= 0.6 is 22.6 Å². The first kappa shape index (κ1) is 12.4. The molecule has 0 amide bonds. The molecule has 6 heteroatoms. The van der Waals surface area contributed by atoms with Crippen LogP contribution in [0.1, 0.15) is 18.9 Å². The zero-order valence-electron chi connectivity index (χ0n) is 9.37. The van der Waals surface area contributed by atoms with Gasteiger partial charge in [-0.2, -0.15) is 0 Å². The maximum Gasteiger partial charge on any atom is 0.248 e. The zero-order valence-corrected chi connectivity index (χ0v) is 11.5. The van der Waals surface area contributed by atoms with Crippen molar-refractivity contribution < 1.29 is 8.81 Å². The fraction of sp³-hybridized carbons (Fsp3) is 0.273. The van der Waals surface area contributed by atoms with Crippen LogP contribution in [0.15, 0.2) is 22.6 Å². The van der Waals surface area contributed by atoms with Crippen LogP contribution in [0, 0.1) is 9.39 Å². The van der Waals surface area contributed by atoms with Crippen molar-refractivity contribution in [3.8, 4) is 11.5 Å². The number of halogens is 2. The minimum absolute atomic E-state index is 0.00522. The molecule has 0 aliphatic heterocycles. The fourth-order valence-electron chi connectivity index (χ4n) is 1.30. The summed E-state index contributed by atoms with van der Waals surface area (Å²) in [4.78, 5) is 0. The highest BCUT2D eigenvalue weighted by Gasteiger charge is 2.15. The van der Waals surface area contributed by atoms with E-state index in [2.05, 4.69) is 15.5 Å². The Morgan fingerprint density at radius 2 is 2.18 bits per heavy atom.